The van der Waals surface area contributed by atoms with Crippen LogP contribution >= 0.6 is 0 Å². The summed E-state index contributed by atoms with van der Waals surface area (Å²) in [4.78, 5) is 30.0. The highest BCUT2D eigenvalue weighted by atomic mass is 16.5. The van der Waals surface area contributed by atoms with Crippen molar-refractivity contribution in [3.05, 3.63) is 89.9 Å². The summed E-state index contributed by atoms with van der Waals surface area (Å²) in [6.07, 6.45) is 5.16. The van der Waals surface area contributed by atoms with Gasteiger partial charge in [-0.15, -0.1) is 0 Å². The molecule has 0 saturated heterocycles. The van der Waals surface area contributed by atoms with Gasteiger partial charge in [0.1, 0.15) is 18.1 Å². The molecule has 0 saturated carbocycles. The van der Waals surface area contributed by atoms with Gasteiger partial charge in [-0.05, 0) is 61.2 Å². The second-order valence-electron chi connectivity index (χ2n) is 8.58. The molecule has 0 atom stereocenters. The number of unbranched alkanes of at least 4 members (excludes halogenated alkanes) is 1. The number of carbonyl (C=O) groups is 2. The van der Waals surface area contributed by atoms with Crippen LogP contribution in [-0.4, -0.2) is 47.9 Å². The van der Waals surface area contributed by atoms with Gasteiger partial charge in [0.15, 0.2) is 0 Å². The van der Waals surface area contributed by atoms with Crippen LogP contribution in [0.2, 0.25) is 0 Å². The summed E-state index contributed by atoms with van der Waals surface area (Å²) in [6.45, 7) is 6.23. The predicted molar refractivity (Wildman–Crippen MR) is 137 cm³/mol. The normalized spacial score (nSPS) is 10.7. The van der Waals surface area contributed by atoms with Crippen molar-refractivity contribution in [2.45, 2.75) is 46.1 Å². The van der Waals surface area contributed by atoms with Crippen LogP contribution in [0, 0.1) is 0 Å². The van der Waals surface area contributed by atoms with Crippen molar-refractivity contribution in [2.24, 2.45) is 0 Å². The lowest BCUT2D eigenvalue weighted by molar-refractivity contribution is -0.132. The van der Waals surface area contributed by atoms with Gasteiger partial charge in [0.25, 0.3) is 5.91 Å². The van der Waals surface area contributed by atoms with Crippen molar-refractivity contribution >= 4 is 11.8 Å². The Morgan fingerprint density at radius 2 is 1.63 bits per heavy atom. The molecule has 0 fully saturated rings. The number of furan rings is 1. The first-order valence-corrected chi connectivity index (χ1v) is 12.5. The Morgan fingerprint density at radius 1 is 0.857 bits per heavy atom. The third-order valence-corrected chi connectivity index (χ3v) is 5.77. The van der Waals surface area contributed by atoms with Gasteiger partial charge in [-0.1, -0.05) is 50.6 Å². The largest absolute Gasteiger partial charge is 0.494 e. The van der Waals surface area contributed by atoms with Gasteiger partial charge in [-0.25, -0.2) is 0 Å². The van der Waals surface area contributed by atoms with E-state index in [9.17, 15) is 9.59 Å². The van der Waals surface area contributed by atoms with Crippen LogP contribution in [0.5, 0.6) is 5.75 Å². The van der Waals surface area contributed by atoms with Crippen LogP contribution in [0.25, 0.3) is 0 Å². The van der Waals surface area contributed by atoms with Crippen molar-refractivity contribution in [2.75, 3.05) is 26.2 Å². The Labute approximate surface area is 208 Å². The van der Waals surface area contributed by atoms with E-state index in [-0.39, 0.29) is 18.4 Å². The van der Waals surface area contributed by atoms with Crippen LogP contribution in [0.4, 0.5) is 0 Å². The molecule has 0 radical (unpaired) electrons. The fourth-order valence-electron chi connectivity index (χ4n) is 3.79. The molecule has 0 spiro atoms. The van der Waals surface area contributed by atoms with Gasteiger partial charge in [-0.3, -0.25) is 9.59 Å². The number of carbonyl (C=O) groups excluding carboxylic acids is 2. The topological polar surface area (TPSA) is 63.0 Å². The number of ether oxygens (including phenoxy) is 1. The summed E-state index contributed by atoms with van der Waals surface area (Å²) in [5.74, 6) is 1.22. The maximum atomic E-state index is 13.4. The number of hydrogen-bond donors (Lipinski definition) is 0. The monoisotopic (exact) mass is 476 g/mol. The van der Waals surface area contributed by atoms with E-state index < -0.39 is 0 Å². The number of benzene rings is 2. The molecule has 186 valence electrons. The molecule has 1 aromatic heterocycles. The molecule has 2 amide bonds. The van der Waals surface area contributed by atoms with Gasteiger partial charge in [0.2, 0.25) is 5.91 Å². The zero-order valence-corrected chi connectivity index (χ0v) is 20.8. The minimum Gasteiger partial charge on any atom is -0.494 e. The van der Waals surface area contributed by atoms with E-state index in [1.807, 2.05) is 49.4 Å². The minimum absolute atomic E-state index is 0.0247. The maximum Gasteiger partial charge on any atom is 0.254 e. The van der Waals surface area contributed by atoms with Crippen LogP contribution in [0.15, 0.2) is 77.4 Å². The molecule has 3 aromatic rings. The van der Waals surface area contributed by atoms with E-state index in [0.717, 1.165) is 42.8 Å². The SMILES string of the molecule is CCCCOc1ccc(C(=O)N(CCC)CC(=O)N(CCc2ccccc2)Cc2ccco2)cc1. The summed E-state index contributed by atoms with van der Waals surface area (Å²) in [6, 6.07) is 20.9. The van der Waals surface area contributed by atoms with E-state index in [2.05, 4.69) is 19.1 Å². The fourth-order valence-corrected chi connectivity index (χ4v) is 3.79. The Balaban J connectivity index is 1.67. The van der Waals surface area contributed by atoms with E-state index in [1.165, 1.54) is 0 Å². The zero-order valence-electron chi connectivity index (χ0n) is 20.8. The van der Waals surface area contributed by atoms with Gasteiger partial charge >= 0.3 is 0 Å². The van der Waals surface area contributed by atoms with Gasteiger partial charge < -0.3 is 19.0 Å². The standard InChI is InChI=1S/C29H36N2O4/c1-3-5-20-34-26-15-13-25(14-16-26)29(33)31(18-4-2)23-28(32)30(22-27-12-9-21-35-27)19-17-24-10-7-6-8-11-24/h6-16,21H,3-5,17-20,22-23H2,1-2H3. The number of rotatable bonds is 14. The highest BCUT2D eigenvalue weighted by molar-refractivity contribution is 5.96. The second kappa shape index (κ2) is 14.0. The van der Waals surface area contributed by atoms with E-state index >= 15 is 0 Å². The molecule has 6 heteroatoms. The lowest BCUT2D eigenvalue weighted by atomic mass is 10.1. The fraction of sp³-hybridized carbons (Fsp3) is 0.379. The van der Waals surface area contributed by atoms with Crippen molar-refractivity contribution < 1.29 is 18.7 Å². The summed E-state index contributed by atoms with van der Waals surface area (Å²) in [5.41, 5.74) is 1.71. The van der Waals surface area contributed by atoms with Crippen molar-refractivity contribution in [1.82, 2.24) is 9.80 Å². The van der Waals surface area contributed by atoms with Gasteiger partial charge in [0, 0.05) is 18.7 Å². The second-order valence-corrected chi connectivity index (χ2v) is 8.58. The summed E-state index contributed by atoms with van der Waals surface area (Å²) in [5, 5.41) is 0. The third kappa shape index (κ3) is 8.32. The molecule has 3 rings (SSSR count). The number of nitrogens with zero attached hydrogens (tertiary/aromatic N) is 2. The quantitative estimate of drug-likeness (QED) is 0.285. The van der Waals surface area contributed by atoms with Crippen LogP contribution in [0.1, 0.15) is 54.8 Å². The predicted octanol–water partition coefficient (Wildman–Crippen LogP) is 5.58. The van der Waals surface area contributed by atoms with E-state index in [1.54, 1.807) is 28.2 Å². The summed E-state index contributed by atoms with van der Waals surface area (Å²) in [7, 11) is 0. The first-order valence-electron chi connectivity index (χ1n) is 12.5. The highest BCUT2D eigenvalue weighted by Gasteiger charge is 2.23. The Hall–Kier alpha value is -3.54. The van der Waals surface area contributed by atoms with Crippen LogP contribution in [-0.2, 0) is 17.8 Å². The van der Waals surface area contributed by atoms with Crippen molar-refractivity contribution in [1.29, 1.82) is 0 Å². The molecule has 1 heterocycles. The smallest absolute Gasteiger partial charge is 0.254 e. The summed E-state index contributed by atoms with van der Waals surface area (Å²) < 4.78 is 11.2. The third-order valence-electron chi connectivity index (χ3n) is 5.77. The maximum absolute atomic E-state index is 13.4. The molecule has 6 nitrogen and oxygen atoms in total. The first kappa shape index (κ1) is 26.1. The molecule has 0 aliphatic heterocycles. The molecule has 35 heavy (non-hydrogen) atoms. The number of hydrogen-bond acceptors (Lipinski definition) is 4. The molecule has 0 N–H and O–H groups in total. The lowest BCUT2D eigenvalue weighted by Gasteiger charge is -2.27. The zero-order chi connectivity index (χ0) is 24.9. The molecular weight excluding hydrogens is 440 g/mol. The van der Waals surface area contributed by atoms with Crippen molar-refractivity contribution in [3.8, 4) is 5.75 Å². The Kier molecular flexibility index (Phi) is 10.4. The van der Waals surface area contributed by atoms with Gasteiger partial charge in [0.05, 0.1) is 19.4 Å². The molecule has 2 aromatic carbocycles. The number of amides is 2. The minimum atomic E-state index is -0.152. The van der Waals surface area contributed by atoms with Gasteiger partial charge in [-0.2, -0.15) is 0 Å². The Bertz CT molecular complexity index is 1020. The summed E-state index contributed by atoms with van der Waals surface area (Å²) >= 11 is 0. The van der Waals surface area contributed by atoms with E-state index in [0.29, 0.717) is 31.8 Å². The van der Waals surface area contributed by atoms with E-state index in [4.69, 9.17) is 9.15 Å². The van der Waals surface area contributed by atoms with Crippen LogP contribution < -0.4 is 4.74 Å². The van der Waals surface area contributed by atoms with Crippen molar-refractivity contribution in [3.63, 3.8) is 0 Å². The molecule has 0 aliphatic rings. The Morgan fingerprint density at radius 3 is 2.29 bits per heavy atom. The molecular formula is C29H36N2O4. The molecule has 0 unspecified atom stereocenters. The average Bonchev–Trinajstić information content (AvgIpc) is 3.40. The van der Waals surface area contributed by atoms with Crippen LogP contribution in [0.3, 0.4) is 0 Å². The average molecular weight is 477 g/mol. The molecule has 0 aliphatic carbocycles. The lowest BCUT2D eigenvalue weighted by Crippen LogP contribution is -2.43. The highest BCUT2D eigenvalue weighted by Crippen LogP contribution is 2.16. The molecule has 0 bridgehead atoms. The first-order chi connectivity index (χ1) is 17.1.